The molecule has 3 fully saturated rings. The zero-order chi connectivity index (χ0) is 20.5. The minimum absolute atomic E-state index is 0.183. The highest BCUT2D eigenvalue weighted by Crippen LogP contribution is 2.68. The van der Waals surface area contributed by atoms with Crippen molar-refractivity contribution in [2.75, 3.05) is 0 Å². The maximum atomic E-state index is 11.0. The van der Waals surface area contributed by atoms with E-state index in [1.54, 1.807) is 6.08 Å². The summed E-state index contributed by atoms with van der Waals surface area (Å²) in [5.74, 6) is 2.02. The molecule has 0 radical (unpaired) electrons. The Kier molecular flexibility index (Phi) is 6.54. The van der Waals surface area contributed by atoms with Gasteiger partial charge in [-0.05, 0) is 80.0 Å². The first-order valence-electron chi connectivity index (χ1n) is 11.2. The number of aliphatic hydroxyl groups excluding tert-OH is 1. The number of hydrogen-bond acceptors (Lipinski definition) is 2. The van der Waals surface area contributed by atoms with Crippen molar-refractivity contribution in [2.24, 2.45) is 40.9 Å². The van der Waals surface area contributed by atoms with Crippen LogP contribution in [0.5, 0.6) is 0 Å². The molecule has 0 saturated heterocycles. The van der Waals surface area contributed by atoms with Crippen LogP contribution in [-0.4, -0.2) is 22.3 Å². The number of carbonyl (C=O) groups is 1. The molecule has 0 heterocycles. The zero-order valence-electron chi connectivity index (χ0n) is 18.0. The van der Waals surface area contributed by atoms with E-state index in [1.807, 2.05) is 6.08 Å². The van der Waals surface area contributed by atoms with Gasteiger partial charge in [-0.3, -0.25) is 0 Å². The monoisotopic (exact) mass is 386 g/mol. The van der Waals surface area contributed by atoms with E-state index in [0.717, 1.165) is 25.7 Å². The normalized spacial score (nSPS) is 43.6. The zero-order valence-corrected chi connectivity index (χ0v) is 18.0. The molecular formula is C25H38O3. The molecule has 0 spiro atoms. The van der Waals surface area contributed by atoms with Crippen LogP contribution >= 0.6 is 0 Å². The molecule has 0 bridgehead atoms. The number of allylic oxidation sites excluding steroid dienone is 5. The summed E-state index contributed by atoms with van der Waals surface area (Å²) in [4.78, 5) is 10.9. The second-order valence-electron chi connectivity index (χ2n) is 9.80. The molecule has 0 aromatic carbocycles. The molecule has 2 N–H and O–H groups in total. The first-order valence-corrected chi connectivity index (χ1v) is 11.2. The van der Waals surface area contributed by atoms with Gasteiger partial charge < -0.3 is 10.2 Å². The lowest BCUT2D eigenvalue weighted by molar-refractivity contribution is -0.183. The average Bonchev–Trinajstić information content (AvgIpc) is 2.63. The van der Waals surface area contributed by atoms with Crippen molar-refractivity contribution < 1.29 is 15.0 Å². The van der Waals surface area contributed by atoms with Crippen molar-refractivity contribution in [1.82, 2.24) is 0 Å². The molecule has 0 aromatic heterocycles. The maximum absolute atomic E-state index is 11.0. The second-order valence-corrected chi connectivity index (χ2v) is 9.80. The van der Waals surface area contributed by atoms with Crippen LogP contribution in [0.25, 0.3) is 0 Å². The van der Waals surface area contributed by atoms with E-state index in [4.69, 9.17) is 5.11 Å². The Hall–Kier alpha value is -1.35. The highest BCUT2D eigenvalue weighted by molar-refractivity contribution is 5.80. The van der Waals surface area contributed by atoms with E-state index in [1.165, 1.54) is 24.5 Å². The molecule has 8 atom stereocenters. The van der Waals surface area contributed by atoms with Crippen LogP contribution in [0.4, 0.5) is 0 Å². The molecule has 0 aliphatic heterocycles. The number of fused-ring (bicyclic) bond motifs is 3. The molecule has 3 aliphatic rings. The van der Waals surface area contributed by atoms with Crippen molar-refractivity contribution in [3.63, 3.8) is 0 Å². The largest absolute Gasteiger partial charge is 0.478 e. The van der Waals surface area contributed by atoms with E-state index in [2.05, 4.69) is 39.8 Å². The SMILES string of the molecule is CCC/C=C(/C)[C@H]1[C@@H](/C=C/C=C/C(=O)O)C2[C@@H]([C@H]3CC[C@]31C)[C@@H](O)CC[C@@H]2C. The molecule has 0 aromatic rings. The summed E-state index contributed by atoms with van der Waals surface area (Å²) >= 11 is 0. The minimum atomic E-state index is -0.908. The van der Waals surface area contributed by atoms with Crippen LogP contribution in [0, 0.1) is 40.9 Å². The van der Waals surface area contributed by atoms with E-state index in [9.17, 15) is 9.90 Å². The van der Waals surface area contributed by atoms with Crippen LogP contribution in [0.2, 0.25) is 0 Å². The van der Waals surface area contributed by atoms with Crippen molar-refractivity contribution in [3.8, 4) is 0 Å². The summed E-state index contributed by atoms with van der Waals surface area (Å²) in [5, 5.41) is 19.9. The third-order valence-corrected chi connectivity index (χ3v) is 8.24. The maximum Gasteiger partial charge on any atom is 0.328 e. The molecule has 1 unspecified atom stereocenters. The smallest absolute Gasteiger partial charge is 0.328 e. The highest BCUT2D eigenvalue weighted by atomic mass is 16.4. The fourth-order valence-electron chi connectivity index (χ4n) is 6.97. The minimum Gasteiger partial charge on any atom is -0.478 e. The number of rotatable bonds is 6. The summed E-state index contributed by atoms with van der Waals surface area (Å²) in [5.41, 5.74) is 1.75. The van der Waals surface area contributed by atoms with E-state index < -0.39 is 5.97 Å². The lowest BCUT2D eigenvalue weighted by Crippen LogP contribution is -2.62. The Bertz CT molecular complexity index is 661. The van der Waals surface area contributed by atoms with E-state index in [-0.39, 0.29) is 11.5 Å². The fraction of sp³-hybridized carbons (Fsp3) is 0.720. The van der Waals surface area contributed by atoms with Crippen molar-refractivity contribution in [2.45, 2.75) is 72.3 Å². The van der Waals surface area contributed by atoms with E-state index >= 15 is 0 Å². The predicted octanol–water partition coefficient (Wildman–Crippen LogP) is 5.62. The van der Waals surface area contributed by atoms with Gasteiger partial charge in [-0.15, -0.1) is 0 Å². The van der Waals surface area contributed by atoms with Gasteiger partial charge in [0.15, 0.2) is 0 Å². The topological polar surface area (TPSA) is 57.5 Å². The molecule has 156 valence electrons. The Morgan fingerprint density at radius 3 is 2.54 bits per heavy atom. The molecule has 3 nitrogen and oxygen atoms in total. The number of aliphatic hydroxyl groups is 1. The first-order chi connectivity index (χ1) is 13.3. The van der Waals surface area contributed by atoms with Gasteiger partial charge in [-0.25, -0.2) is 4.79 Å². The van der Waals surface area contributed by atoms with Gasteiger partial charge in [0.1, 0.15) is 0 Å². The van der Waals surface area contributed by atoms with Gasteiger partial charge in [0.05, 0.1) is 6.10 Å². The summed E-state index contributed by atoms with van der Waals surface area (Å²) in [6.45, 7) is 9.34. The lowest BCUT2D eigenvalue weighted by Gasteiger charge is -2.67. The number of hydrogen-bond donors (Lipinski definition) is 2. The Labute approximate surface area is 170 Å². The molecule has 0 amide bonds. The van der Waals surface area contributed by atoms with Crippen molar-refractivity contribution >= 4 is 5.97 Å². The number of carboxylic acid groups (broad SMARTS) is 1. The van der Waals surface area contributed by atoms with Crippen LogP contribution in [-0.2, 0) is 4.79 Å². The van der Waals surface area contributed by atoms with Crippen LogP contribution in [0.3, 0.4) is 0 Å². The number of carboxylic acids is 1. The summed E-state index contributed by atoms with van der Waals surface area (Å²) in [7, 11) is 0. The molecule has 3 heteroatoms. The fourth-order valence-corrected chi connectivity index (χ4v) is 6.97. The second kappa shape index (κ2) is 8.57. The third kappa shape index (κ3) is 3.75. The third-order valence-electron chi connectivity index (χ3n) is 8.24. The highest BCUT2D eigenvalue weighted by Gasteiger charge is 2.63. The summed E-state index contributed by atoms with van der Waals surface area (Å²) < 4.78 is 0. The van der Waals surface area contributed by atoms with Crippen LogP contribution in [0.1, 0.15) is 66.2 Å². The average molecular weight is 387 g/mol. The number of aliphatic carboxylic acids is 1. The predicted molar refractivity (Wildman–Crippen MR) is 114 cm³/mol. The summed E-state index contributed by atoms with van der Waals surface area (Å²) in [6.07, 6.45) is 16.1. The van der Waals surface area contributed by atoms with Crippen LogP contribution < -0.4 is 0 Å². The molecular weight excluding hydrogens is 348 g/mol. The van der Waals surface area contributed by atoms with E-state index in [0.29, 0.717) is 35.5 Å². The Morgan fingerprint density at radius 1 is 1.18 bits per heavy atom. The molecule has 3 aliphatic carbocycles. The quantitative estimate of drug-likeness (QED) is 0.354. The van der Waals surface area contributed by atoms with Crippen molar-refractivity contribution in [1.29, 1.82) is 0 Å². The summed E-state index contributed by atoms with van der Waals surface area (Å²) in [6, 6.07) is 0. The van der Waals surface area contributed by atoms with Gasteiger partial charge in [-0.1, -0.05) is 57.1 Å². The number of unbranched alkanes of at least 4 members (excludes halogenated alkanes) is 1. The van der Waals surface area contributed by atoms with Gasteiger partial charge in [0, 0.05) is 6.08 Å². The Morgan fingerprint density at radius 2 is 1.93 bits per heavy atom. The standard InChI is InChI=1S/C25H38O3/c1-5-6-9-17(3)24-18(10-7-8-11-21(27)28)22-16(2)12-13-20(26)23(22)19-14-15-25(19,24)4/h7-11,16,18-20,22-24,26H,5-6,12-15H2,1-4H3,(H,27,28)/b10-7+,11-8+,17-9-/t16-,18-,19+,20-,22?,23-,24-,25+/m0/s1. The van der Waals surface area contributed by atoms with Crippen LogP contribution in [0.15, 0.2) is 36.0 Å². The van der Waals surface area contributed by atoms with Crippen molar-refractivity contribution in [3.05, 3.63) is 36.0 Å². The van der Waals surface area contributed by atoms with Gasteiger partial charge >= 0.3 is 5.97 Å². The molecule has 3 rings (SSSR count). The van der Waals surface area contributed by atoms with Gasteiger partial charge in [-0.2, -0.15) is 0 Å². The van der Waals surface area contributed by atoms with Gasteiger partial charge in [0.25, 0.3) is 0 Å². The van der Waals surface area contributed by atoms with Gasteiger partial charge in [0.2, 0.25) is 0 Å². The lowest BCUT2D eigenvalue weighted by atomic mass is 9.38. The first kappa shape index (κ1) is 21.4. The molecule has 3 saturated carbocycles. The molecule has 28 heavy (non-hydrogen) atoms. The Balaban J connectivity index is 2.02.